The van der Waals surface area contributed by atoms with Crippen LogP contribution in [0, 0.1) is 0 Å². The van der Waals surface area contributed by atoms with Crippen molar-refractivity contribution >= 4 is 17.7 Å². The highest BCUT2D eigenvalue weighted by molar-refractivity contribution is 7.99. The van der Waals surface area contributed by atoms with Gasteiger partial charge in [0.25, 0.3) is 0 Å². The van der Waals surface area contributed by atoms with E-state index in [1.165, 1.54) is 12.8 Å². The molecule has 3 nitrogen and oxygen atoms in total. The second kappa shape index (κ2) is 9.34. The summed E-state index contributed by atoms with van der Waals surface area (Å²) in [5.41, 5.74) is 0. The summed E-state index contributed by atoms with van der Waals surface area (Å²) in [7, 11) is 0. The highest BCUT2D eigenvalue weighted by Gasteiger charge is 2.16. The Balaban J connectivity index is 3.46. The quantitative estimate of drug-likeness (QED) is 0.606. The van der Waals surface area contributed by atoms with Crippen molar-refractivity contribution in [2.75, 3.05) is 18.1 Å². The van der Waals surface area contributed by atoms with Gasteiger partial charge in [-0.2, -0.15) is 11.8 Å². The van der Waals surface area contributed by atoms with Crippen LogP contribution in [-0.4, -0.2) is 35.3 Å². The normalized spacial score (nSPS) is 12.7. The highest BCUT2D eigenvalue weighted by Crippen LogP contribution is 2.09. The van der Waals surface area contributed by atoms with E-state index in [9.17, 15) is 4.79 Å². The zero-order valence-electron chi connectivity index (χ0n) is 8.99. The fraction of sp³-hybridized carbons (Fsp3) is 0.900. The first-order valence-corrected chi connectivity index (χ1v) is 6.30. The van der Waals surface area contributed by atoms with Crippen LogP contribution in [0.15, 0.2) is 0 Å². The molecule has 0 saturated heterocycles. The van der Waals surface area contributed by atoms with Crippen LogP contribution in [0.1, 0.15) is 33.1 Å². The van der Waals surface area contributed by atoms with Crippen LogP contribution in [0.5, 0.6) is 0 Å². The summed E-state index contributed by atoms with van der Waals surface area (Å²) in [5.74, 6) is 1.15. The number of rotatable bonds is 9. The molecule has 1 unspecified atom stereocenters. The van der Waals surface area contributed by atoms with Crippen molar-refractivity contribution in [1.29, 1.82) is 0 Å². The molecule has 0 bridgehead atoms. The summed E-state index contributed by atoms with van der Waals surface area (Å²) in [6.07, 6.45) is 2.39. The standard InChI is InChI=1S/C10H20O3S/c1-3-5-7-14-8-6-9(10(11)12)13-4-2/h9H,3-8H2,1-2H3,(H,11,12). The second-order valence-electron chi connectivity index (χ2n) is 3.04. The molecule has 0 radical (unpaired) electrons. The number of carboxylic acid groups (broad SMARTS) is 1. The number of unbranched alkanes of at least 4 members (excludes halogenated alkanes) is 1. The van der Waals surface area contributed by atoms with E-state index in [4.69, 9.17) is 9.84 Å². The van der Waals surface area contributed by atoms with Gasteiger partial charge in [-0.25, -0.2) is 4.79 Å². The summed E-state index contributed by atoms with van der Waals surface area (Å²) in [5, 5.41) is 8.77. The summed E-state index contributed by atoms with van der Waals surface area (Å²) in [4.78, 5) is 10.7. The first-order valence-electron chi connectivity index (χ1n) is 5.14. The van der Waals surface area contributed by atoms with Crippen LogP contribution in [0.2, 0.25) is 0 Å². The number of hydrogen-bond acceptors (Lipinski definition) is 3. The summed E-state index contributed by atoms with van der Waals surface area (Å²) in [6.45, 7) is 4.44. The maximum atomic E-state index is 10.7. The molecule has 1 atom stereocenters. The third kappa shape index (κ3) is 7.21. The zero-order valence-corrected chi connectivity index (χ0v) is 9.81. The molecule has 0 aromatic rings. The van der Waals surface area contributed by atoms with Crippen LogP contribution in [-0.2, 0) is 9.53 Å². The molecule has 0 fully saturated rings. The molecule has 0 aromatic carbocycles. The van der Waals surface area contributed by atoms with Crippen molar-refractivity contribution in [3.8, 4) is 0 Å². The molecule has 0 aliphatic carbocycles. The van der Waals surface area contributed by atoms with Crippen LogP contribution >= 0.6 is 11.8 Å². The molecule has 0 rings (SSSR count). The Morgan fingerprint density at radius 3 is 2.64 bits per heavy atom. The number of ether oxygens (including phenoxy) is 1. The van der Waals surface area contributed by atoms with Crippen molar-refractivity contribution in [2.24, 2.45) is 0 Å². The number of aliphatic carboxylic acids is 1. The van der Waals surface area contributed by atoms with Gasteiger partial charge in [0.15, 0.2) is 6.10 Å². The van der Waals surface area contributed by atoms with Crippen LogP contribution in [0.25, 0.3) is 0 Å². The lowest BCUT2D eigenvalue weighted by molar-refractivity contribution is -0.150. The molecular formula is C10H20O3S. The van der Waals surface area contributed by atoms with Gasteiger partial charge in [-0.1, -0.05) is 13.3 Å². The van der Waals surface area contributed by atoms with Crippen LogP contribution in [0.3, 0.4) is 0 Å². The van der Waals surface area contributed by atoms with E-state index in [1.807, 2.05) is 6.92 Å². The van der Waals surface area contributed by atoms with Crippen molar-refractivity contribution in [2.45, 2.75) is 39.2 Å². The molecule has 0 amide bonds. The molecule has 0 spiro atoms. The van der Waals surface area contributed by atoms with Gasteiger partial charge in [-0.15, -0.1) is 0 Å². The molecule has 84 valence electrons. The Morgan fingerprint density at radius 1 is 1.43 bits per heavy atom. The fourth-order valence-electron chi connectivity index (χ4n) is 1.02. The highest BCUT2D eigenvalue weighted by atomic mass is 32.2. The topological polar surface area (TPSA) is 46.5 Å². The minimum absolute atomic E-state index is 0.469. The number of thioether (sulfide) groups is 1. The molecule has 4 heteroatoms. The predicted molar refractivity (Wildman–Crippen MR) is 59.9 cm³/mol. The van der Waals surface area contributed by atoms with Gasteiger partial charge in [0.05, 0.1) is 0 Å². The first-order chi connectivity index (χ1) is 6.72. The monoisotopic (exact) mass is 220 g/mol. The summed E-state index contributed by atoms with van der Waals surface area (Å²) in [6, 6.07) is 0. The Kier molecular flexibility index (Phi) is 9.19. The van der Waals surface area contributed by atoms with Crippen molar-refractivity contribution in [3.05, 3.63) is 0 Å². The fourth-order valence-corrected chi connectivity index (χ4v) is 2.10. The van der Waals surface area contributed by atoms with E-state index in [1.54, 1.807) is 11.8 Å². The Bertz CT molecular complexity index is 150. The average molecular weight is 220 g/mol. The van der Waals surface area contributed by atoms with Crippen molar-refractivity contribution in [1.82, 2.24) is 0 Å². The smallest absolute Gasteiger partial charge is 0.332 e. The lowest BCUT2D eigenvalue weighted by atomic mass is 10.3. The Labute approximate surface area is 90.2 Å². The van der Waals surface area contributed by atoms with E-state index in [0.29, 0.717) is 13.0 Å². The average Bonchev–Trinajstić information content (AvgIpc) is 2.15. The minimum atomic E-state index is -0.844. The molecule has 1 N–H and O–H groups in total. The molecule has 14 heavy (non-hydrogen) atoms. The van der Waals surface area contributed by atoms with Gasteiger partial charge >= 0.3 is 5.97 Å². The number of carboxylic acids is 1. The Hall–Kier alpha value is -0.220. The predicted octanol–water partition coefficient (Wildman–Crippen LogP) is 2.40. The summed E-state index contributed by atoms with van der Waals surface area (Å²) < 4.78 is 5.10. The van der Waals surface area contributed by atoms with Gasteiger partial charge in [0.1, 0.15) is 0 Å². The van der Waals surface area contributed by atoms with Crippen LogP contribution < -0.4 is 0 Å². The van der Waals surface area contributed by atoms with E-state index < -0.39 is 12.1 Å². The van der Waals surface area contributed by atoms with Gasteiger partial charge in [0.2, 0.25) is 0 Å². The lowest BCUT2D eigenvalue weighted by Crippen LogP contribution is -2.24. The number of carbonyl (C=O) groups is 1. The van der Waals surface area contributed by atoms with E-state index >= 15 is 0 Å². The van der Waals surface area contributed by atoms with Gasteiger partial charge in [-0.05, 0) is 31.3 Å². The molecule has 0 saturated carbocycles. The maximum absolute atomic E-state index is 10.7. The van der Waals surface area contributed by atoms with Gasteiger partial charge in [0, 0.05) is 6.61 Å². The maximum Gasteiger partial charge on any atom is 0.332 e. The number of hydrogen-bond donors (Lipinski definition) is 1. The first kappa shape index (κ1) is 13.8. The van der Waals surface area contributed by atoms with E-state index in [2.05, 4.69) is 6.92 Å². The third-order valence-corrected chi connectivity index (χ3v) is 2.91. The molecule has 0 aromatic heterocycles. The van der Waals surface area contributed by atoms with Gasteiger partial charge < -0.3 is 9.84 Å². The van der Waals surface area contributed by atoms with Crippen molar-refractivity contribution < 1.29 is 14.6 Å². The summed E-state index contributed by atoms with van der Waals surface area (Å²) >= 11 is 1.81. The molecule has 0 aliphatic heterocycles. The van der Waals surface area contributed by atoms with Crippen molar-refractivity contribution in [3.63, 3.8) is 0 Å². The minimum Gasteiger partial charge on any atom is -0.479 e. The largest absolute Gasteiger partial charge is 0.479 e. The van der Waals surface area contributed by atoms with Crippen LogP contribution in [0.4, 0.5) is 0 Å². The zero-order chi connectivity index (χ0) is 10.8. The second-order valence-corrected chi connectivity index (χ2v) is 4.26. The van der Waals surface area contributed by atoms with E-state index in [-0.39, 0.29) is 0 Å². The third-order valence-electron chi connectivity index (χ3n) is 1.81. The molecular weight excluding hydrogens is 200 g/mol. The van der Waals surface area contributed by atoms with E-state index in [0.717, 1.165) is 11.5 Å². The van der Waals surface area contributed by atoms with Gasteiger partial charge in [-0.3, -0.25) is 0 Å². The lowest BCUT2D eigenvalue weighted by Gasteiger charge is -2.11. The molecule has 0 heterocycles. The Morgan fingerprint density at radius 2 is 2.14 bits per heavy atom. The molecule has 0 aliphatic rings. The SMILES string of the molecule is CCCCSCCC(OCC)C(=O)O.